The summed E-state index contributed by atoms with van der Waals surface area (Å²) in [5, 5.41) is 10.0. The average molecular weight is 340 g/mol. The molecule has 1 aliphatic heterocycles. The van der Waals surface area contributed by atoms with Gasteiger partial charge in [-0.3, -0.25) is 0 Å². The van der Waals surface area contributed by atoms with Crippen molar-refractivity contribution in [2.24, 2.45) is 5.41 Å². The van der Waals surface area contributed by atoms with Crippen molar-refractivity contribution in [2.75, 3.05) is 0 Å². The van der Waals surface area contributed by atoms with E-state index in [-0.39, 0.29) is 11.3 Å². The third-order valence-corrected chi connectivity index (χ3v) is 3.90. The van der Waals surface area contributed by atoms with Gasteiger partial charge in [-0.15, -0.1) is 0 Å². The van der Waals surface area contributed by atoms with Crippen LogP contribution in [0, 0.1) is 5.41 Å². The van der Waals surface area contributed by atoms with Crippen LogP contribution in [0.3, 0.4) is 0 Å². The molecule has 3 rings (SSSR count). The molecule has 0 aliphatic carbocycles. The number of carboxylic acids is 1. The zero-order valence-electron chi connectivity index (χ0n) is 13.2. The molecule has 0 spiro atoms. The van der Waals surface area contributed by atoms with Gasteiger partial charge in [-0.05, 0) is 29.2 Å². The highest BCUT2D eigenvalue weighted by molar-refractivity contribution is 6.05. The molecule has 1 atom stereocenters. The number of hydrogen-bond donors (Lipinski definition) is 1. The molecule has 0 bridgehead atoms. The lowest BCUT2D eigenvalue weighted by molar-refractivity contribution is -0.187. The molecule has 1 N–H and O–H groups in total. The van der Waals surface area contributed by atoms with Crippen LogP contribution in [0.1, 0.15) is 26.3 Å². The van der Waals surface area contributed by atoms with Gasteiger partial charge in [0.25, 0.3) is 0 Å². The molecule has 0 saturated heterocycles. The second-order valence-electron chi connectivity index (χ2n) is 6.65. The fraction of sp³-hybridized carbons (Fsp3) is 0.353. The molecule has 1 aromatic heterocycles. The number of benzene rings is 1. The highest BCUT2D eigenvalue weighted by Gasteiger charge is 2.52. The van der Waals surface area contributed by atoms with E-state index in [9.17, 15) is 23.1 Å². The fourth-order valence-corrected chi connectivity index (χ4v) is 3.06. The zero-order valence-corrected chi connectivity index (χ0v) is 13.2. The molecule has 4 nitrogen and oxygen atoms in total. The van der Waals surface area contributed by atoms with Crippen molar-refractivity contribution in [3.05, 3.63) is 35.6 Å². The maximum atomic E-state index is 13.4. The summed E-state index contributed by atoms with van der Waals surface area (Å²) in [7, 11) is 0. The Morgan fingerprint density at radius 2 is 1.83 bits per heavy atom. The first-order chi connectivity index (χ1) is 11.0. The Morgan fingerprint density at radius 1 is 1.17 bits per heavy atom. The summed E-state index contributed by atoms with van der Waals surface area (Å²) in [5.41, 5.74) is -0.732. The van der Waals surface area contributed by atoms with Crippen LogP contribution in [0.15, 0.2) is 34.5 Å². The average Bonchev–Trinajstić information content (AvgIpc) is 2.91. The first kappa shape index (κ1) is 16.4. The van der Waals surface area contributed by atoms with E-state index < -0.39 is 29.2 Å². The lowest BCUT2D eigenvalue weighted by Gasteiger charge is -2.36. The van der Waals surface area contributed by atoms with Gasteiger partial charge in [0.15, 0.2) is 0 Å². The van der Waals surface area contributed by atoms with Gasteiger partial charge in [0.1, 0.15) is 11.3 Å². The largest absolute Gasteiger partial charge is 0.478 e. The van der Waals surface area contributed by atoms with Crippen molar-refractivity contribution in [3.63, 3.8) is 0 Å². The molecule has 1 unspecified atom stereocenters. The van der Waals surface area contributed by atoms with Crippen LogP contribution < -0.4 is 4.74 Å². The number of carbonyl (C=O) groups is 1. The van der Waals surface area contributed by atoms with Crippen LogP contribution in [-0.2, 0) is 4.79 Å². The van der Waals surface area contributed by atoms with E-state index in [1.807, 2.05) is 0 Å². The molecule has 7 heteroatoms. The van der Waals surface area contributed by atoms with Crippen molar-refractivity contribution < 1.29 is 32.2 Å². The normalized spacial score (nSPS) is 18.5. The second kappa shape index (κ2) is 5.03. The summed E-state index contributed by atoms with van der Waals surface area (Å²) in [4.78, 5) is 11.7. The number of fused-ring (bicyclic) bond motifs is 3. The molecule has 2 aromatic rings. The van der Waals surface area contributed by atoms with E-state index >= 15 is 0 Å². The molecule has 128 valence electrons. The van der Waals surface area contributed by atoms with Crippen LogP contribution in [0.4, 0.5) is 13.2 Å². The lowest BCUT2D eigenvalue weighted by atomic mass is 9.75. The predicted octanol–water partition coefficient (Wildman–Crippen LogP) is 4.64. The number of carboxylic acid groups (broad SMARTS) is 1. The molecule has 24 heavy (non-hydrogen) atoms. The predicted molar refractivity (Wildman–Crippen MR) is 80.7 cm³/mol. The van der Waals surface area contributed by atoms with Crippen LogP contribution in [0.5, 0.6) is 5.75 Å². The Morgan fingerprint density at radius 3 is 2.38 bits per heavy atom. The van der Waals surface area contributed by atoms with Crippen LogP contribution in [-0.4, -0.2) is 23.4 Å². The third kappa shape index (κ3) is 2.44. The Balaban J connectivity index is 2.45. The summed E-state index contributed by atoms with van der Waals surface area (Å²) in [6.45, 7) is 5.02. The van der Waals surface area contributed by atoms with E-state index in [0.29, 0.717) is 16.5 Å². The SMILES string of the molecule is CC(C)(C)C1=C(C(=O)O)C(C(F)(F)F)Oc2ccc3occc3c21. The van der Waals surface area contributed by atoms with Crippen molar-refractivity contribution >= 4 is 22.5 Å². The molecule has 0 radical (unpaired) electrons. The molecule has 0 fully saturated rings. The number of allylic oxidation sites excluding steroid dienone is 1. The summed E-state index contributed by atoms with van der Waals surface area (Å²) >= 11 is 0. The highest BCUT2D eigenvalue weighted by atomic mass is 19.4. The minimum Gasteiger partial charge on any atom is -0.478 e. The van der Waals surface area contributed by atoms with Crippen molar-refractivity contribution in [2.45, 2.75) is 33.1 Å². The zero-order chi connectivity index (χ0) is 17.9. The number of halogens is 3. The first-order valence-corrected chi connectivity index (χ1v) is 7.23. The van der Waals surface area contributed by atoms with Gasteiger partial charge in [0.2, 0.25) is 6.10 Å². The summed E-state index contributed by atoms with van der Waals surface area (Å²) in [6, 6.07) is 4.48. The summed E-state index contributed by atoms with van der Waals surface area (Å²) < 4.78 is 50.6. The maximum Gasteiger partial charge on any atom is 0.430 e. The second-order valence-corrected chi connectivity index (χ2v) is 6.65. The van der Waals surface area contributed by atoms with Gasteiger partial charge >= 0.3 is 12.1 Å². The van der Waals surface area contributed by atoms with Crippen molar-refractivity contribution in [3.8, 4) is 5.75 Å². The lowest BCUT2D eigenvalue weighted by Crippen LogP contribution is -2.42. The number of rotatable bonds is 1. The number of furan rings is 1. The number of aliphatic carboxylic acids is 1. The van der Waals surface area contributed by atoms with E-state index in [1.54, 1.807) is 26.8 Å². The quantitative estimate of drug-likeness (QED) is 0.821. The smallest absolute Gasteiger partial charge is 0.430 e. The number of ether oxygens (including phenoxy) is 1. The van der Waals surface area contributed by atoms with E-state index in [0.717, 1.165) is 0 Å². The Hall–Kier alpha value is -2.44. The molecule has 1 aromatic carbocycles. The van der Waals surface area contributed by atoms with E-state index in [4.69, 9.17) is 9.15 Å². The van der Waals surface area contributed by atoms with Crippen LogP contribution in [0.25, 0.3) is 16.5 Å². The first-order valence-electron chi connectivity index (χ1n) is 7.23. The van der Waals surface area contributed by atoms with Crippen LogP contribution >= 0.6 is 0 Å². The topological polar surface area (TPSA) is 59.7 Å². The minimum absolute atomic E-state index is 0.00106. The van der Waals surface area contributed by atoms with Gasteiger partial charge in [0.05, 0.1) is 11.8 Å². The van der Waals surface area contributed by atoms with Gasteiger partial charge in [-0.2, -0.15) is 13.2 Å². The van der Waals surface area contributed by atoms with Crippen molar-refractivity contribution in [1.29, 1.82) is 0 Å². The third-order valence-electron chi connectivity index (χ3n) is 3.90. The van der Waals surface area contributed by atoms with E-state index in [2.05, 4.69) is 0 Å². The molecule has 2 heterocycles. The molecule has 0 saturated carbocycles. The molecule has 0 amide bonds. The Bertz CT molecular complexity index is 853. The number of hydrogen-bond acceptors (Lipinski definition) is 3. The van der Waals surface area contributed by atoms with E-state index in [1.165, 1.54) is 18.4 Å². The van der Waals surface area contributed by atoms with Gasteiger partial charge < -0.3 is 14.3 Å². The van der Waals surface area contributed by atoms with Crippen LogP contribution in [0.2, 0.25) is 0 Å². The van der Waals surface area contributed by atoms with Crippen molar-refractivity contribution in [1.82, 2.24) is 0 Å². The molecule has 1 aliphatic rings. The highest BCUT2D eigenvalue weighted by Crippen LogP contribution is 2.50. The minimum atomic E-state index is -4.84. The standard InChI is InChI=1S/C17H15F3O4/c1-16(2,3)13-11-8-6-7-23-9(8)4-5-10(11)24-14(17(18,19)20)12(13)15(21)22/h4-7,14H,1-3H3,(H,21,22). The number of alkyl halides is 3. The van der Waals surface area contributed by atoms with Gasteiger partial charge in [-0.25, -0.2) is 4.79 Å². The molecular weight excluding hydrogens is 325 g/mol. The Labute approximate surface area is 135 Å². The molecular formula is C17H15F3O4. The van der Waals surface area contributed by atoms with Gasteiger partial charge in [-0.1, -0.05) is 20.8 Å². The van der Waals surface area contributed by atoms with Gasteiger partial charge in [0, 0.05) is 10.9 Å². The Kier molecular flexibility index (Phi) is 3.44. The fourth-order valence-electron chi connectivity index (χ4n) is 3.06. The summed E-state index contributed by atoms with van der Waals surface area (Å²) in [6.07, 6.45) is -5.95. The summed E-state index contributed by atoms with van der Waals surface area (Å²) in [5.74, 6) is -1.64. The maximum absolute atomic E-state index is 13.4. The monoisotopic (exact) mass is 340 g/mol.